The van der Waals surface area contributed by atoms with Crippen LogP contribution in [0.1, 0.15) is 11.1 Å². The van der Waals surface area contributed by atoms with Gasteiger partial charge in [-0.3, -0.25) is 0 Å². The van der Waals surface area contributed by atoms with Crippen LogP contribution in [0.25, 0.3) is 22.0 Å². The predicted octanol–water partition coefficient (Wildman–Crippen LogP) is 3.95. The van der Waals surface area contributed by atoms with E-state index in [4.69, 9.17) is 0 Å². The molecular weight excluding hydrogens is 230 g/mol. The molecule has 0 N–H and O–H groups in total. The summed E-state index contributed by atoms with van der Waals surface area (Å²) in [5.41, 5.74) is 5.17. The van der Waals surface area contributed by atoms with Crippen molar-refractivity contribution < 1.29 is 4.57 Å². The third kappa shape index (κ3) is 2.12. The largest absolute Gasteiger partial charge is 0.213 e. The Morgan fingerprint density at radius 3 is 2.42 bits per heavy atom. The molecule has 0 aliphatic rings. The van der Waals surface area contributed by atoms with Crippen molar-refractivity contribution in [3.05, 3.63) is 65.9 Å². The summed E-state index contributed by atoms with van der Waals surface area (Å²) in [6.07, 6.45) is 2.20. The Bertz CT molecular complexity index is 757. The Labute approximate surface area is 114 Å². The second kappa shape index (κ2) is 4.51. The molecule has 1 heteroatoms. The molecule has 0 saturated carbocycles. The molecule has 1 heterocycles. The monoisotopic (exact) mass is 248 g/mol. The summed E-state index contributed by atoms with van der Waals surface area (Å²) in [7, 11) is 2.11. The maximum Gasteiger partial charge on any atom is 0.213 e. The highest BCUT2D eigenvalue weighted by Gasteiger charge is 2.13. The van der Waals surface area contributed by atoms with Crippen LogP contribution >= 0.6 is 0 Å². The van der Waals surface area contributed by atoms with Gasteiger partial charge in [0, 0.05) is 17.0 Å². The van der Waals surface area contributed by atoms with Crippen molar-refractivity contribution in [1.82, 2.24) is 0 Å². The summed E-state index contributed by atoms with van der Waals surface area (Å²) < 4.78 is 2.21. The molecule has 0 spiro atoms. The highest BCUT2D eigenvalue weighted by molar-refractivity contribution is 5.84. The van der Waals surface area contributed by atoms with Gasteiger partial charge < -0.3 is 0 Å². The number of fused-ring (bicyclic) bond motifs is 1. The van der Waals surface area contributed by atoms with E-state index >= 15 is 0 Å². The van der Waals surface area contributed by atoms with Crippen molar-refractivity contribution in [2.24, 2.45) is 7.05 Å². The molecule has 94 valence electrons. The van der Waals surface area contributed by atoms with E-state index in [0.29, 0.717) is 0 Å². The first kappa shape index (κ1) is 11.9. The molecule has 3 rings (SSSR count). The molecule has 0 radical (unpaired) electrons. The summed E-state index contributed by atoms with van der Waals surface area (Å²) in [5, 5.41) is 2.58. The number of hydrogen-bond acceptors (Lipinski definition) is 0. The average Bonchev–Trinajstić information content (AvgIpc) is 2.39. The number of pyridine rings is 1. The molecule has 0 unspecified atom stereocenters. The van der Waals surface area contributed by atoms with Crippen LogP contribution in [0.3, 0.4) is 0 Å². The lowest BCUT2D eigenvalue weighted by molar-refractivity contribution is -0.659. The zero-order valence-electron chi connectivity index (χ0n) is 11.6. The first-order chi connectivity index (χ1) is 9.15. The van der Waals surface area contributed by atoms with Crippen LogP contribution in [0.2, 0.25) is 0 Å². The maximum atomic E-state index is 2.28. The zero-order chi connectivity index (χ0) is 13.4. The Hall–Kier alpha value is -2.15. The minimum absolute atomic E-state index is 1.26. The Balaban J connectivity index is 2.30. The standard InChI is InChI=1S/C18H18N/c1-13-8-9-15-12-19(3)18(11-16(15)10-13)17-7-5-4-6-14(17)2/h4-12H,1-3H3/q+1. The van der Waals surface area contributed by atoms with E-state index in [1.807, 2.05) is 0 Å². The fraction of sp³-hybridized carbons (Fsp3) is 0.167. The van der Waals surface area contributed by atoms with Gasteiger partial charge in [0.2, 0.25) is 5.69 Å². The molecule has 0 fully saturated rings. The zero-order valence-corrected chi connectivity index (χ0v) is 11.6. The van der Waals surface area contributed by atoms with E-state index in [-0.39, 0.29) is 0 Å². The summed E-state index contributed by atoms with van der Waals surface area (Å²) in [5.74, 6) is 0. The van der Waals surface area contributed by atoms with Gasteiger partial charge in [0.25, 0.3) is 0 Å². The van der Waals surface area contributed by atoms with Crippen molar-refractivity contribution in [3.63, 3.8) is 0 Å². The third-order valence-electron chi connectivity index (χ3n) is 3.67. The van der Waals surface area contributed by atoms with Gasteiger partial charge in [0.05, 0.1) is 0 Å². The van der Waals surface area contributed by atoms with E-state index in [9.17, 15) is 0 Å². The van der Waals surface area contributed by atoms with E-state index in [1.165, 1.54) is 33.2 Å². The number of nitrogens with zero attached hydrogens (tertiary/aromatic N) is 1. The van der Waals surface area contributed by atoms with Gasteiger partial charge in [-0.25, -0.2) is 4.57 Å². The smallest absolute Gasteiger partial charge is 0.200 e. The van der Waals surface area contributed by atoms with Crippen molar-refractivity contribution in [2.45, 2.75) is 13.8 Å². The molecule has 0 bridgehead atoms. The van der Waals surface area contributed by atoms with Crippen LogP contribution in [-0.2, 0) is 7.05 Å². The van der Waals surface area contributed by atoms with Crippen molar-refractivity contribution in [2.75, 3.05) is 0 Å². The third-order valence-corrected chi connectivity index (χ3v) is 3.67. The molecule has 0 saturated heterocycles. The molecule has 0 amide bonds. The number of hydrogen-bond donors (Lipinski definition) is 0. The van der Waals surface area contributed by atoms with Crippen molar-refractivity contribution in [3.8, 4) is 11.3 Å². The molecular formula is C18H18N+. The normalized spacial score (nSPS) is 10.9. The van der Waals surface area contributed by atoms with Gasteiger partial charge in [-0.05, 0) is 36.9 Å². The van der Waals surface area contributed by atoms with Crippen LogP contribution in [-0.4, -0.2) is 0 Å². The van der Waals surface area contributed by atoms with Crippen LogP contribution in [0.5, 0.6) is 0 Å². The fourth-order valence-corrected chi connectivity index (χ4v) is 2.59. The predicted molar refractivity (Wildman–Crippen MR) is 80.0 cm³/mol. The minimum Gasteiger partial charge on any atom is -0.200 e. The minimum atomic E-state index is 1.26. The van der Waals surface area contributed by atoms with E-state index in [2.05, 4.69) is 80.2 Å². The van der Waals surface area contributed by atoms with Gasteiger partial charge in [0.1, 0.15) is 7.05 Å². The summed E-state index contributed by atoms with van der Waals surface area (Å²) in [4.78, 5) is 0. The van der Waals surface area contributed by atoms with Crippen LogP contribution in [0.15, 0.2) is 54.7 Å². The summed E-state index contributed by atoms with van der Waals surface area (Å²) >= 11 is 0. The van der Waals surface area contributed by atoms with Gasteiger partial charge in [-0.2, -0.15) is 0 Å². The Morgan fingerprint density at radius 2 is 1.63 bits per heavy atom. The average molecular weight is 248 g/mol. The molecule has 1 aromatic heterocycles. The SMILES string of the molecule is Cc1ccc2c[n+](C)c(-c3ccccc3C)cc2c1. The maximum absolute atomic E-state index is 2.28. The fourth-order valence-electron chi connectivity index (χ4n) is 2.59. The number of aromatic nitrogens is 1. The topological polar surface area (TPSA) is 3.88 Å². The van der Waals surface area contributed by atoms with Crippen LogP contribution in [0, 0.1) is 13.8 Å². The first-order valence-corrected chi connectivity index (χ1v) is 6.61. The molecule has 0 aliphatic heterocycles. The second-order valence-corrected chi connectivity index (χ2v) is 5.22. The van der Waals surface area contributed by atoms with Crippen LogP contribution < -0.4 is 4.57 Å². The van der Waals surface area contributed by atoms with E-state index < -0.39 is 0 Å². The second-order valence-electron chi connectivity index (χ2n) is 5.22. The van der Waals surface area contributed by atoms with Gasteiger partial charge in [0.15, 0.2) is 6.20 Å². The Kier molecular flexibility index (Phi) is 2.83. The molecule has 0 atom stereocenters. The number of benzene rings is 2. The highest BCUT2D eigenvalue weighted by Crippen LogP contribution is 2.23. The van der Waals surface area contributed by atoms with Gasteiger partial charge >= 0.3 is 0 Å². The quantitative estimate of drug-likeness (QED) is 0.574. The molecule has 3 aromatic rings. The lowest BCUT2D eigenvalue weighted by Gasteiger charge is -2.06. The first-order valence-electron chi connectivity index (χ1n) is 6.61. The Morgan fingerprint density at radius 1 is 0.842 bits per heavy atom. The number of rotatable bonds is 1. The number of aryl methyl sites for hydroxylation is 3. The van der Waals surface area contributed by atoms with Gasteiger partial charge in [-0.1, -0.05) is 35.9 Å². The van der Waals surface area contributed by atoms with E-state index in [0.717, 1.165) is 0 Å². The highest BCUT2D eigenvalue weighted by atomic mass is 14.9. The van der Waals surface area contributed by atoms with Crippen LogP contribution in [0.4, 0.5) is 0 Å². The van der Waals surface area contributed by atoms with Crippen molar-refractivity contribution >= 4 is 10.8 Å². The summed E-state index contributed by atoms with van der Waals surface area (Å²) in [6.45, 7) is 4.30. The van der Waals surface area contributed by atoms with Gasteiger partial charge in [-0.15, -0.1) is 0 Å². The molecule has 1 nitrogen and oxygen atoms in total. The molecule has 0 aliphatic carbocycles. The lowest BCUT2D eigenvalue weighted by atomic mass is 10.0. The lowest BCUT2D eigenvalue weighted by Crippen LogP contribution is -2.30. The molecule has 19 heavy (non-hydrogen) atoms. The van der Waals surface area contributed by atoms with Crippen molar-refractivity contribution in [1.29, 1.82) is 0 Å². The van der Waals surface area contributed by atoms with E-state index in [1.54, 1.807) is 0 Å². The summed E-state index contributed by atoms with van der Waals surface area (Å²) in [6, 6.07) is 17.4. The molecule has 2 aromatic carbocycles.